The average molecular weight is 407 g/mol. The molecule has 4 aromatic rings. The van der Waals surface area contributed by atoms with Crippen LogP contribution in [0.15, 0.2) is 48.8 Å². The second-order valence-corrected chi connectivity index (χ2v) is 6.19. The summed E-state index contributed by atoms with van der Waals surface area (Å²) in [7, 11) is 3.21. The second-order valence-electron chi connectivity index (χ2n) is 6.19. The lowest BCUT2D eigenvalue weighted by Gasteiger charge is -2.13. The van der Waals surface area contributed by atoms with Gasteiger partial charge in [0, 0.05) is 18.9 Å². The first-order valence-corrected chi connectivity index (χ1v) is 9.23. The van der Waals surface area contributed by atoms with E-state index >= 15 is 0 Å². The molecule has 0 saturated carbocycles. The number of para-hydroxylation sites is 2. The van der Waals surface area contributed by atoms with Crippen molar-refractivity contribution < 1.29 is 14.2 Å². The van der Waals surface area contributed by atoms with Crippen LogP contribution in [-0.4, -0.2) is 52.4 Å². The third-order valence-electron chi connectivity index (χ3n) is 4.16. The summed E-state index contributed by atoms with van der Waals surface area (Å²) >= 11 is 0. The molecular weight excluding hydrogens is 386 g/mol. The fraction of sp³-hybridized carbons (Fsp3) is 0.200. The summed E-state index contributed by atoms with van der Waals surface area (Å²) in [6.07, 6.45) is 1.42. The Labute approximate surface area is 172 Å². The highest BCUT2D eigenvalue weighted by Gasteiger charge is 2.09. The Morgan fingerprint density at radius 1 is 0.900 bits per heavy atom. The molecule has 0 atom stereocenters. The fourth-order valence-electron chi connectivity index (χ4n) is 2.77. The fourth-order valence-corrected chi connectivity index (χ4v) is 2.77. The number of nitrogens with one attached hydrogen (secondary N) is 3. The zero-order valence-electron chi connectivity index (χ0n) is 16.5. The number of aromatic amines is 1. The number of imidazole rings is 1. The summed E-state index contributed by atoms with van der Waals surface area (Å²) in [6.45, 7) is 0.888. The SMILES string of the molecule is COCCOc1cc(Nc2ncnc(Nc3nc4ccccc4[nH]3)n2)ccc1OC. The largest absolute Gasteiger partial charge is 0.493 e. The third-order valence-corrected chi connectivity index (χ3v) is 4.16. The molecule has 10 heteroatoms. The van der Waals surface area contributed by atoms with Crippen LogP contribution < -0.4 is 20.1 Å². The number of nitrogens with zero attached hydrogens (tertiary/aromatic N) is 4. The Hall–Kier alpha value is -3.92. The van der Waals surface area contributed by atoms with Gasteiger partial charge in [0.05, 0.1) is 24.8 Å². The zero-order chi connectivity index (χ0) is 20.8. The molecule has 0 spiro atoms. The summed E-state index contributed by atoms with van der Waals surface area (Å²) in [5, 5.41) is 6.20. The Morgan fingerprint density at radius 2 is 1.73 bits per heavy atom. The van der Waals surface area contributed by atoms with Gasteiger partial charge in [-0.05, 0) is 24.3 Å². The maximum absolute atomic E-state index is 5.71. The van der Waals surface area contributed by atoms with Crippen LogP contribution in [-0.2, 0) is 4.74 Å². The molecule has 154 valence electrons. The number of H-pyrrole nitrogens is 1. The Kier molecular flexibility index (Phi) is 5.85. The molecule has 0 aliphatic heterocycles. The molecule has 10 nitrogen and oxygen atoms in total. The van der Waals surface area contributed by atoms with Crippen molar-refractivity contribution in [1.29, 1.82) is 0 Å². The molecule has 0 radical (unpaired) electrons. The minimum atomic E-state index is 0.358. The number of rotatable bonds is 9. The van der Waals surface area contributed by atoms with E-state index in [-0.39, 0.29) is 0 Å². The van der Waals surface area contributed by atoms with Crippen molar-refractivity contribution in [3.05, 3.63) is 48.8 Å². The predicted octanol–water partition coefficient (Wildman–Crippen LogP) is 3.27. The quantitative estimate of drug-likeness (QED) is 0.359. The van der Waals surface area contributed by atoms with E-state index in [1.165, 1.54) is 6.33 Å². The predicted molar refractivity (Wildman–Crippen MR) is 113 cm³/mol. The molecule has 30 heavy (non-hydrogen) atoms. The summed E-state index contributed by atoms with van der Waals surface area (Å²) in [5.74, 6) is 2.49. The summed E-state index contributed by atoms with van der Waals surface area (Å²) in [5.41, 5.74) is 2.52. The van der Waals surface area contributed by atoms with E-state index < -0.39 is 0 Å². The minimum Gasteiger partial charge on any atom is -0.493 e. The van der Waals surface area contributed by atoms with Crippen LogP contribution in [0.25, 0.3) is 11.0 Å². The van der Waals surface area contributed by atoms with Gasteiger partial charge in [0.1, 0.15) is 12.9 Å². The van der Waals surface area contributed by atoms with E-state index in [1.807, 2.05) is 36.4 Å². The number of hydrogen-bond acceptors (Lipinski definition) is 9. The van der Waals surface area contributed by atoms with Gasteiger partial charge in [0.2, 0.25) is 17.8 Å². The molecule has 4 rings (SSSR count). The first-order valence-electron chi connectivity index (χ1n) is 9.23. The molecule has 0 bridgehead atoms. The van der Waals surface area contributed by atoms with Crippen LogP contribution in [0, 0.1) is 0 Å². The van der Waals surface area contributed by atoms with Crippen LogP contribution in [0.4, 0.5) is 23.5 Å². The van der Waals surface area contributed by atoms with Gasteiger partial charge in [-0.25, -0.2) is 15.0 Å². The Balaban J connectivity index is 1.49. The molecule has 2 heterocycles. The number of ether oxygens (including phenoxy) is 3. The number of fused-ring (bicyclic) bond motifs is 1. The lowest BCUT2D eigenvalue weighted by molar-refractivity contribution is 0.144. The number of benzene rings is 2. The maximum Gasteiger partial charge on any atom is 0.234 e. The highest BCUT2D eigenvalue weighted by Crippen LogP contribution is 2.31. The van der Waals surface area contributed by atoms with Crippen molar-refractivity contribution in [1.82, 2.24) is 24.9 Å². The number of aromatic nitrogens is 5. The van der Waals surface area contributed by atoms with Crippen LogP contribution >= 0.6 is 0 Å². The molecular formula is C20H21N7O3. The molecule has 0 unspecified atom stereocenters. The van der Waals surface area contributed by atoms with Gasteiger partial charge in [-0.15, -0.1) is 0 Å². The average Bonchev–Trinajstić information content (AvgIpc) is 3.17. The van der Waals surface area contributed by atoms with Gasteiger partial charge < -0.3 is 24.5 Å². The highest BCUT2D eigenvalue weighted by atomic mass is 16.5. The van der Waals surface area contributed by atoms with Gasteiger partial charge in [-0.2, -0.15) is 4.98 Å². The molecule has 0 amide bonds. The van der Waals surface area contributed by atoms with Gasteiger partial charge in [0.25, 0.3) is 0 Å². The normalized spacial score (nSPS) is 10.7. The Bertz CT molecular complexity index is 1100. The van der Waals surface area contributed by atoms with Gasteiger partial charge in [-0.1, -0.05) is 12.1 Å². The lowest BCUT2D eigenvalue weighted by Crippen LogP contribution is -2.06. The van der Waals surface area contributed by atoms with Gasteiger partial charge in [-0.3, -0.25) is 5.32 Å². The van der Waals surface area contributed by atoms with Crippen molar-refractivity contribution >= 4 is 34.6 Å². The number of anilines is 4. The highest BCUT2D eigenvalue weighted by molar-refractivity contribution is 5.77. The van der Waals surface area contributed by atoms with Crippen LogP contribution in [0.1, 0.15) is 0 Å². The monoisotopic (exact) mass is 407 g/mol. The lowest BCUT2D eigenvalue weighted by atomic mass is 10.2. The first kappa shape index (κ1) is 19.4. The van der Waals surface area contributed by atoms with E-state index in [0.29, 0.717) is 42.6 Å². The van der Waals surface area contributed by atoms with Crippen LogP contribution in [0.5, 0.6) is 11.5 Å². The first-order chi connectivity index (χ1) is 14.7. The maximum atomic E-state index is 5.71. The molecule has 2 aromatic heterocycles. The minimum absolute atomic E-state index is 0.358. The van der Waals surface area contributed by atoms with Crippen molar-refractivity contribution in [2.75, 3.05) is 38.1 Å². The second kappa shape index (κ2) is 9.05. The van der Waals surface area contributed by atoms with Crippen molar-refractivity contribution in [2.24, 2.45) is 0 Å². The number of methoxy groups -OCH3 is 2. The van der Waals surface area contributed by atoms with Crippen molar-refractivity contribution in [2.45, 2.75) is 0 Å². The molecule has 0 saturated heterocycles. The van der Waals surface area contributed by atoms with E-state index in [0.717, 1.165) is 16.7 Å². The van der Waals surface area contributed by atoms with Crippen molar-refractivity contribution in [3.8, 4) is 11.5 Å². The summed E-state index contributed by atoms with van der Waals surface area (Å²) in [4.78, 5) is 20.3. The van der Waals surface area contributed by atoms with Gasteiger partial charge >= 0.3 is 0 Å². The van der Waals surface area contributed by atoms with E-state index in [2.05, 4.69) is 35.6 Å². The molecule has 3 N–H and O–H groups in total. The van der Waals surface area contributed by atoms with Gasteiger partial charge in [0.15, 0.2) is 11.5 Å². The smallest absolute Gasteiger partial charge is 0.234 e. The molecule has 0 fully saturated rings. The third kappa shape index (κ3) is 4.55. The van der Waals surface area contributed by atoms with Crippen LogP contribution in [0.3, 0.4) is 0 Å². The summed E-state index contributed by atoms with van der Waals surface area (Å²) in [6, 6.07) is 13.2. The topological polar surface area (TPSA) is 119 Å². The molecule has 2 aromatic carbocycles. The Morgan fingerprint density at radius 3 is 2.53 bits per heavy atom. The molecule has 0 aliphatic carbocycles. The van der Waals surface area contributed by atoms with E-state index in [1.54, 1.807) is 20.3 Å². The van der Waals surface area contributed by atoms with Crippen LogP contribution in [0.2, 0.25) is 0 Å². The van der Waals surface area contributed by atoms with E-state index in [4.69, 9.17) is 14.2 Å². The zero-order valence-corrected chi connectivity index (χ0v) is 16.5. The standard InChI is InChI=1S/C20H21N7O3/c1-28-9-10-30-17-11-13(7-8-16(17)29-2)23-18-21-12-22-19(26-18)27-20-24-14-5-3-4-6-15(14)25-20/h3-8,11-12H,9-10H2,1-2H3,(H3,21,22,23,24,25,26,27). The summed E-state index contributed by atoms with van der Waals surface area (Å²) < 4.78 is 16.1. The van der Waals surface area contributed by atoms with Crippen molar-refractivity contribution in [3.63, 3.8) is 0 Å². The number of hydrogen-bond donors (Lipinski definition) is 3. The molecule has 0 aliphatic rings. The van der Waals surface area contributed by atoms with E-state index in [9.17, 15) is 0 Å².